The number of carbonyl (C=O) groups excluding carboxylic acids is 1. The molecule has 2 N–H and O–H groups in total. The SMILES string of the molecule is O=C(Nc1ccc(Br)cc1)c1ccc(Nc2ccccc2F)nn1. The molecule has 0 aliphatic heterocycles. The molecule has 0 saturated heterocycles. The number of rotatable bonds is 4. The molecule has 0 radical (unpaired) electrons. The van der Waals surface area contributed by atoms with Gasteiger partial charge in [0.1, 0.15) is 5.82 Å². The van der Waals surface area contributed by atoms with Gasteiger partial charge in [-0.25, -0.2) is 4.39 Å². The molecule has 0 aliphatic rings. The Morgan fingerprint density at radius 2 is 1.71 bits per heavy atom. The second-order valence-corrected chi connectivity index (χ2v) is 5.79. The summed E-state index contributed by atoms with van der Waals surface area (Å²) in [5.74, 6) is -0.418. The zero-order valence-corrected chi connectivity index (χ0v) is 13.9. The van der Waals surface area contributed by atoms with Gasteiger partial charge >= 0.3 is 0 Å². The van der Waals surface area contributed by atoms with E-state index >= 15 is 0 Å². The van der Waals surface area contributed by atoms with Crippen LogP contribution in [0.5, 0.6) is 0 Å². The topological polar surface area (TPSA) is 66.9 Å². The first-order chi connectivity index (χ1) is 11.6. The molecule has 120 valence electrons. The average Bonchev–Trinajstić information content (AvgIpc) is 2.59. The number of aromatic nitrogens is 2. The summed E-state index contributed by atoms with van der Waals surface area (Å²) in [5, 5.41) is 13.3. The molecule has 3 aromatic rings. The summed E-state index contributed by atoms with van der Waals surface area (Å²) in [6, 6.07) is 16.5. The van der Waals surface area contributed by atoms with Gasteiger partial charge in [0.25, 0.3) is 5.91 Å². The Labute approximate surface area is 146 Å². The number of hydrogen-bond donors (Lipinski definition) is 2. The fourth-order valence-electron chi connectivity index (χ4n) is 1.95. The van der Waals surface area contributed by atoms with E-state index < -0.39 is 5.82 Å². The molecule has 0 aliphatic carbocycles. The molecule has 5 nitrogen and oxygen atoms in total. The number of para-hydroxylation sites is 1. The second-order valence-electron chi connectivity index (χ2n) is 4.87. The number of halogens is 2. The Balaban J connectivity index is 1.68. The fourth-order valence-corrected chi connectivity index (χ4v) is 2.21. The maximum atomic E-state index is 13.6. The van der Waals surface area contributed by atoms with Crippen molar-refractivity contribution in [3.05, 3.63) is 76.6 Å². The third kappa shape index (κ3) is 3.94. The molecule has 7 heteroatoms. The maximum Gasteiger partial charge on any atom is 0.276 e. The number of benzene rings is 2. The highest BCUT2D eigenvalue weighted by atomic mass is 79.9. The molecule has 0 saturated carbocycles. The fraction of sp³-hybridized carbons (Fsp3) is 0. The first kappa shape index (κ1) is 16.1. The van der Waals surface area contributed by atoms with Gasteiger partial charge in [-0.3, -0.25) is 4.79 Å². The molecule has 1 aromatic heterocycles. The highest BCUT2D eigenvalue weighted by Gasteiger charge is 2.09. The van der Waals surface area contributed by atoms with E-state index in [0.29, 0.717) is 17.2 Å². The van der Waals surface area contributed by atoms with E-state index in [1.54, 1.807) is 36.4 Å². The van der Waals surface area contributed by atoms with Crippen LogP contribution in [0.1, 0.15) is 10.5 Å². The van der Waals surface area contributed by atoms with Crippen LogP contribution in [0.2, 0.25) is 0 Å². The number of carbonyl (C=O) groups is 1. The molecule has 0 spiro atoms. The summed E-state index contributed by atoms with van der Waals surface area (Å²) in [7, 11) is 0. The van der Waals surface area contributed by atoms with Crippen LogP contribution < -0.4 is 10.6 Å². The summed E-state index contributed by atoms with van der Waals surface area (Å²) in [6.45, 7) is 0. The zero-order valence-electron chi connectivity index (χ0n) is 12.3. The van der Waals surface area contributed by atoms with Crippen LogP contribution in [-0.2, 0) is 0 Å². The van der Waals surface area contributed by atoms with E-state index in [1.165, 1.54) is 12.1 Å². The lowest BCUT2D eigenvalue weighted by atomic mass is 10.3. The Morgan fingerprint density at radius 1 is 0.958 bits per heavy atom. The van der Waals surface area contributed by atoms with Crippen molar-refractivity contribution >= 4 is 39.0 Å². The predicted molar refractivity (Wildman–Crippen MR) is 93.8 cm³/mol. The number of nitrogens with one attached hydrogen (secondary N) is 2. The van der Waals surface area contributed by atoms with Gasteiger partial charge in [0.15, 0.2) is 11.5 Å². The van der Waals surface area contributed by atoms with Gasteiger partial charge in [0, 0.05) is 10.2 Å². The van der Waals surface area contributed by atoms with Crippen LogP contribution in [0.4, 0.5) is 21.6 Å². The smallest absolute Gasteiger partial charge is 0.276 e. The first-order valence-corrected chi connectivity index (χ1v) is 7.83. The molecule has 2 aromatic carbocycles. The molecule has 1 amide bonds. The lowest BCUT2D eigenvalue weighted by molar-refractivity contribution is 0.102. The zero-order chi connectivity index (χ0) is 16.9. The Bertz CT molecular complexity index is 853. The number of anilines is 3. The monoisotopic (exact) mass is 386 g/mol. The van der Waals surface area contributed by atoms with Crippen molar-refractivity contribution in [2.45, 2.75) is 0 Å². The van der Waals surface area contributed by atoms with Crippen molar-refractivity contribution in [3.8, 4) is 0 Å². The highest BCUT2D eigenvalue weighted by molar-refractivity contribution is 9.10. The molecule has 0 fully saturated rings. The van der Waals surface area contributed by atoms with E-state index in [-0.39, 0.29) is 11.6 Å². The van der Waals surface area contributed by atoms with E-state index in [4.69, 9.17) is 0 Å². The van der Waals surface area contributed by atoms with Gasteiger partial charge in [0.05, 0.1) is 5.69 Å². The maximum absolute atomic E-state index is 13.6. The van der Waals surface area contributed by atoms with Crippen molar-refractivity contribution < 1.29 is 9.18 Å². The van der Waals surface area contributed by atoms with E-state index in [9.17, 15) is 9.18 Å². The standard InChI is InChI=1S/C17H12BrFN4O/c18-11-5-7-12(8-6-11)20-17(24)15-9-10-16(23-22-15)21-14-4-2-1-3-13(14)19/h1-10H,(H,20,24)(H,21,23). The summed E-state index contributed by atoms with van der Waals surface area (Å²) >= 11 is 3.33. The minimum absolute atomic E-state index is 0.164. The van der Waals surface area contributed by atoms with E-state index in [2.05, 4.69) is 36.8 Å². The van der Waals surface area contributed by atoms with Crippen molar-refractivity contribution in [2.75, 3.05) is 10.6 Å². The highest BCUT2D eigenvalue weighted by Crippen LogP contribution is 2.18. The molecule has 3 rings (SSSR count). The van der Waals surface area contributed by atoms with E-state index in [0.717, 1.165) is 4.47 Å². The largest absolute Gasteiger partial charge is 0.336 e. The molecular weight excluding hydrogens is 375 g/mol. The van der Waals surface area contributed by atoms with Crippen molar-refractivity contribution in [1.29, 1.82) is 0 Å². The lowest BCUT2D eigenvalue weighted by Crippen LogP contribution is -2.14. The van der Waals surface area contributed by atoms with Crippen LogP contribution >= 0.6 is 15.9 Å². The van der Waals surface area contributed by atoms with Gasteiger partial charge in [-0.1, -0.05) is 28.1 Å². The van der Waals surface area contributed by atoms with E-state index in [1.807, 2.05) is 12.1 Å². The first-order valence-electron chi connectivity index (χ1n) is 7.04. The molecule has 0 atom stereocenters. The summed E-state index contributed by atoms with van der Waals surface area (Å²) in [6.07, 6.45) is 0. The Morgan fingerprint density at radius 3 is 2.38 bits per heavy atom. The van der Waals surface area contributed by atoms with Gasteiger partial charge in [-0.2, -0.15) is 0 Å². The van der Waals surface area contributed by atoms with Gasteiger partial charge in [0.2, 0.25) is 0 Å². The number of amides is 1. The Hall–Kier alpha value is -2.80. The summed E-state index contributed by atoms with van der Waals surface area (Å²) in [4.78, 5) is 12.1. The van der Waals surface area contributed by atoms with Crippen molar-refractivity contribution in [1.82, 2.24) is 10.2 Å². The van der Waals surface area contributed by atoms with Gasteiger partial charge in [-0.05, 0) is 48.5 Å². The van der Waals surface area contributed by atoms with Gasteiger partial charge < -0.3 is 10.6 Å². The number of nitrogens with zero attached hydrogens (tertiary/aromatic N) is 2. The number of hydrogen-bond acceptors (Lipinski definition) is 4. The van der Waals surface area contributed by atoms with Crippen molar-refractivity contribution in [3.63, 3.8) is 0 Å². The lowest BCUT2D eigenvalue weighted by Gasteiger charge is -2.07. The average molecular weight is 387 g/mol. The minimum atomic E-state index is -0.392. The van der Waals surface area contributed by atoms with Crippen LogP contribution in [0.15, 0.2) is 65.1 Å². The van der Waals surface area contributed by atoms with Crippen LogP contribution in [-0.4, -0.2) is 16.1 Å². The van der Waals surface area contributed by atoms with Crippen molar-refractivity contribution in [2.24, 2.45) is 0 Å². The summed E-state index contributed by atoms with van der Waals surface area (Å²) < 4.78 is 14.5. The van der Waals surface area contributed by atoms with Crippen LogP contribution in [0.3, 0.4) is 0 Å². The summed E-state index contributed by atoms with van der Waals surface area (Å²) in [5.41, 5.74) is 1.11. The minimum Gasteiger partial charge on any atom is -0.336 e. The van der Waals surface area contributed by atoms with Gasteiger partial charge in [-0.15, -0.1) is 10.2 Å². The molecule has 24 heavy (non-hydrogen) atoms. The van der Waals surface area contributed by atoms with Crippen LogP contribution in [0.25, 0.3) is 0 Å². The van der Waals surface area contributed by atoms with Crippen LogP contribution in [0, 0.1) is 5.82 Å². The molecule has 0 unspecified atom stereocenters. The molecule has 1 heterocycles. The normalized spacial score (nSPS) is 10.2. The third-order valence-electron chi connectivity index (χ3n) is 3.14. The molecular formula is C17H12BrFN4O. The predicted octanol–water partition coefficient (Wildman–Crippen LogP) is 4.37. The quantitative estimate of drug-likeness (QED) is 0.698. The second kappa shape index (κ2) is 7.18. The Kier molecular flexibility index (Phi) is 4.81. The third-order valence-corrected chi connectivity index (χ3v) is 3.66. The molecule has 0 bridgehead atoms.